The Kier molecular flexibility index (Phi) is 4.77. The summed E-state index contributed by atoms with van der Waals surface area (Å²) in [5.74, 6) is -7.12. The van der Waals surface area contributed by atoms with Gasteiger partial charge >= 0.3 is 0 Å². The van der Waals surface area contributed by atoms with E-state index in [1.165, 1.54) is 25.1 Å². The van der Waals surface area contributed by atoms with E-state index in [0.29, 0.717) is 5.56 Å². The van der Waals surface area contributed by atoms with Crippen LogP contribution >= 0.6 is 0 Å². The average Bonchev–Trinajstić information content (AvgIpc) is 2.53. The summed E-state index contributed by atoms with van der Waals surface area (Å²) in [6.07, 6.45) is 0. The van der Waals surface area contributed by atoms with Gasteiger partial charge in [0.25, 0.3) is 17.6 Å². The fourth-order valence-electron chi connectivity index (χ4n) is 1.82. The lowest BCUT2D eigenvalue weighted by atomic mass is 10.1. The largest absolute Gasteiger partial charge is 0.272 e. The molecule has 1 aromatic heterocycles. The summed E-state index contributed by atoms with van der Waals surface area (Å²) in [5.41, 5.74) is 1.36. The minimum atomic E-state index is -1.82. The summed E-state index contributed by atoms with van der Waals surface area (Å²) < 4.78 is 52.9. The van der Waals surface area contributed by atoms with Gasteiger partial charge in [-0.2, -0.15) is 27.6 Å². The average molecular weight is 342 g/mol. The van der Waals surface area contributed by atoms with E-state index in [0.717, 1.165) is 0 Å². The number of halogens is 4. The predicted molar refractivity (Wildman–Crippen MR) is 77.7 cm³/mol. The monoisotopic (exact) mass is 342 g/mol. The van der Waals surface area contributed by atoms with Crippen LogP contribution in [0.15, 0.2) is 23.3 Å². The van der Waals surface area contributed by atoms with E-state index in [2.05, 4.69) is 10.1 Å². The fraction of sp³-hybridized carbons (Fsp3) is 0.143. The van der Waals surface area contributed by atoms with Crippen molar-refractivity contribution in [3.8, 4) is 0 Å². The first-order valence-corrected chi connectivity index (χ1v) is 6.48. The molecule has 24 heavy (non-hydrogen) atoms. The van der Waals surface area contributed by atoms with Crippen molar-refractivity contribution in [3.05, 3.63) is 63.0 Å². The first kappa shape index (κ1) is 17.3. The number of benzene rings is 1. The Bertz CT molecular complexity index is 829. The zero-order chi connectivity index (χ0) is 18.0. The molecule has 0 spiro atoms. The highest BCUT2D eigenvalue weighted by Gasteiger charge is 2.20. The smallest absolute Gasteiger partial charge is 0.272 e. The van der Waals surface area contributed by atoms with Crippen molar-refractivity contribution in [2.75, 3.05) is 5.43 Å². The molecule has 126 valence electrons. The second-order valence-corrected chi connectivity index (χ2v) is 4.76. The molecule has 1 aromatic carbocycles. The maximum Gasteiger partial charge on any atom is 0.272 e. The van der Waals surface area contributed by atoms with Crippen molar-refractivity contribution in [1.29, 1.82) is 0 Å². The van der Waals surface area contributed by atoms with Crippen molar-refractivity contribution < 1.29 is 22.5 Å². The summed E-state index contributed by atoms with van der Waals surface area (Å²) in [5, 5.41) is 14.5. The van der Waals surface area contributed by atoms with Gasteiger partial charge in [-0.25, -0.2) is 0 Å². The van der Waals surface area contributed by atoms with Gasteiger partial charge in [-0.1, -0.05) is 12.1 Å². The third kappa shape index (κ3) is 3.31. The normalized spacial score (nSPS) is 11.5. The Hall–Kier alpha value is -3.04. The van der Waals surface area contributed by atoms with Crippen LogP contribution in [-0.4, -0.2) is 15.6 Å². The summed E-state index contributed by atoms with van der Waals surface area (Å²) in [6.45, 7) is 2.94. The molecule has 0 fully saturated rings. The second-order valence-electron chi connectivity index (χ2n) is 4.76. The molecule has 10 heteroatoms. The summed E-state index contributed by atoms with van der Waals surface area (Å²) in [7, 11) is 0. The van der Waals surface area contributed by atoms with E-state index in [1.54, 1.807) is 6.92 Å². The van der Waals surface area contributed by atoms with Crippen LogP contribution in [0.2, 0.25) is 0 Å². The minimum Gasteiger partial charge on any atom is -0.272 e. The van der Waals surface area contributed by atoms with Crippen LogP contribution in [0.1, 0.15) is 18.1 Å². The molecule has 0 saturated carbocycles. The number of nitrogens with zero attached hydrogens (tertiary/aromatic N) is 3. The van der Waals surface area contributed by atoms with Crippen LogP contribution in [0.4, 0.5) is 28.9 Å². The number of aromatic nitrogens is 1. The van der Waals surface area contributed by atoms with Gasteiger partial charge in [0.05, 0.1) is 10.6 Å². The number of nitrogens with one attached hydrogen (secondary N) is 1. The Morgan fingerprint density at radius 1 is 1.21 bits per heavy atom. The molecule has 1 heterocycles. The van der Waals surface area contributed by atoms with Gasteiger partial charge < -0.3 is 0 Å². The number of anilines is 1. The minimum absolute atomic E-state index is 0.106. The predicted octanol–water partition coefficient (Wildman–Crippen LogP) is 3.69. The maximum absolute atomic E-state index is 13.5. The SMILES string of the molecule is C/C(=N\Nc1c(F)c(F)nc(F)c1F)c1ccc(C)c([N+](=O)[O-])c1. The topological polar surface area (TPSA) is 80.4 Å². The van der Waals surface area contributed by atoms with Crippen LogP contribution in [-0.2, 0) is 0 Å². The number of hydrazone groups is 1. The molecule has 0 bridgehead atoms. The molecule has 1 N–H and O–H groups in total. The highest BCUT2D eigenvalue weighted by Crippen LogP contribution is 2.23. The van der Waals surface area contributed by atoms with Crippen molar-refractivity contribution in [2.45, 2.75) is 13.8 Å². The lowest BCUT2D eigenvalue weighted by molar-refractivity contribution is -0.385. The quantitative estimate of drug-likeness (QED) is 0.302. The number of pyridine rings is 1. The van der Waals surface area contributed by atoms with E-state index in [1.807, 2.05) is 5.43 Å². The Labute approximate surface area is 133 Å². The number of aryl methyl sites for hydroxylation is 1. The molecule has 0 amide bonds. The highest BCUT2D eigenvalue weighted by molar-refractivity contribution is 5.99. The van der Waals surface area contributed by atoms with Crippen LogP contribution in [0, 0.1) is 40.6 Å². The van der Waals surface area contributed by atoms with E-state index < -0.39 is 34.1 Å². The molecule has 6 nitrogen and oxygen atoms in total. The number of hydrogen-bond donors (Lipinski definition) is 1. The summed E-state index contributed by atoms with van der Waals surface area (Å²) >= 11 is 0. The Morgan fingerprint density at radius 3 is 2.33 bits per heavy atom. The zero-order valence-corrected chi connectivity index (χ0v) is 12.4. The van der Waals surface area contributed by atoms with Crippen molar-refractivity contribution in [3.63, 3.8) is 0 Å². The second kappa shape index (κ2) is 6.60. The lowest BCUT2D eigenvalue weighted by Crippen LogP contribution is -2.08. The molecule has 0 aliphatic heterocycles. The molecule has 2 rings (SSSR count). The molecule has 0 radical (unpaired) electrons. The number of nitro benzene ring substituents is 1. The Morgan fingerprint density at radius 2 is 1.79 bits per heavy atom. The van der Waals surface area contributed by atoms with E-state index >= 15 is 0 Å². The lowest BCUT2D eigenvalue weighted by Gasteiger charge is -2.07. The molecule has 0 aliphatic rings. The van der Waals surface area contributed by atoms with Gasteiger partial charge in [0.2, 0.25) is 11.6 Å². The number of hydrogen-bond acceptors (Lipinski definition) is 5. The standard InChI is InChI=1S/C14H10F4N4O2/c1-6-3-4-8(5-9(6)22(23)24)7(2)20-21-12-10(15)13(17)19-14(18)11(12)16/h3-5H,1-2H3,(H,19,21)/b20-7+. The van der Waals surface area contributed by atoms with Crippen LogP contribution in [0.25, 0.3) is 0 Å². The van der Waals surface area contributed by atoms with Gasteiger partial charge in [0.1, 0.15) is 5.69 Å². The molecular weight excluding hydrogens is 332 g/mol. The van der Waals surface area contributed by atoms with Gasteiger partial charge in [0, 0.05) is 17.2 Å². The van der Waals surface area contributed by atoms with Gasteiger partial charge in [-0.3, -0.25) is 15.5 Å². The molecule has 2 aromatic rings. The first-order valence-electron chi connectivity index (χ1n) is 6.48. The third-order valence-corrected chi connectivity index (χ3v) is 3.16. The number of nitro groups is 1. The van der Waals surface area contributed by atoms with Gasteiger partial charge in [-0.15, -0.1) is 0 Å². The fourth-order valence-corrected chi connectivity index (χ4v) is 1.82. The molecular formula is C14H10F4N4O2. The Balaban J connectivity index is 2.37. The number of rotatable bonds is 4. The van der Waals surface area contributed by atoms with Crippen LogP contribution in [0.3, 0.4) is 0 Å². The van der Waals surface area contributed by atoms with Crippen molar-refractivity contribution in [1.82, 2.24) is 4.98 Å². The van der Waals surface area contributed by atoms with E-state index in [-0.39, 0.29) is 17.0 Å². The van der Waals surface area contributed by atoms with Crippen molar-refractivity contribution in [2.24, 2.45) is 5.10 Å². The summed E-state index contributed by atoms with van der Waals surface area (Å²) in [6, 6.07) is 4.19. The van der Waals surface area contributed by atoms with Crippen LogP contribution in [0.5, 0.6) is 0 Å². The van der Waals surface area contributed by atoms with E-state index in [9.17, 15) is 27.7 Å². The van der Waals surface area contributed by atoms with Crippen LogP contribution < -0.4 is 5.43 Å². The third-order valence-electron chi connectivity index (χ3n) is 3.16. The molecule has 0 aliphatic carbocycles. The zero-order valence-electron chi connectivity index (χ0n) is 12.4. The van der Waals surface area contributed by atoms with Crippen molar-refractivity contribution >= 4 is 17.1 Å². The highest BCUT2D eigenvalue weighted by atomic mass is 19.2. The summed E-state index contributed by atoms with van der Waals surface area (Å²) in [4.78, 5) is 12.7. The van der Waals surface area contributed by atoms with Gasteiger partial charge in [0.15, 0.2) is 0 Å². The molecule has 0 saturated heterocycles. The first-order chi connectivity index (χ1) is 11.2. The van der Waals surface area contributed by atoms with Gasteiger partial charge in [-0.05, 0) is 13.8 Å². The molecule has 0 atom stereocenters. The van der Waals surface area contributed by atoms with E-state index in [4.69, 9.17) is 0 Å². The molecule has 0 unspecified atom stereocenters. The maximum atomic E-state index is 13.5.